The molecule has 312 valence electrons. The first-order valence-corrected chi connectivity index (χ1v) is 20.9. The number of likely N-dealkylation sites (N-methyl/N-ethyl adjacent to an activating group) is 1. The fraction of sp³-hybridized carbons (Fsp3) is 0.833. The Morgan fingerprint density at radius 1 is 0.704 bits per heavy atom. The molecule has 1 aliphatic heterocycles. The fourth-order valence-electron chi connectivity index (χ4n) is 5.69. The van der Waals surface area contributed by atoms with Crippen molar-refractivity contribution in [2.24, 2.45) is 0 Å². The Balaban J connectivity index is 2.43. The summed E-state index contributed by atoms with van der Waals surface area (Å²) in [5.41, 5.74) is 0. The largest absolute Gasteiger partial charge is 0.377 e. The molecule has 4 unspecified atom stereocenters. The molecule has 1 rings (SSSR count). The minimum absolute atomic E-state index is 0.0123. The van der Waals surface area contributed by atoms with Gasteiger partial charge in [-0.05, 0) is 72.4 Å². The topological polar surface area (TPSA) is 218 Å². The number of carbonyl (C=O) groups is 6. The minimum atomic E-state index is -0.754. The van der Waals surface area contributed by atoms with Crippen molar-refractivity contribution in [2.45, 2.75) is 109 Å². The van der Waals surface area contributed by atoms with Gasteiger partial charge in [0.25, 0.3) is 0 Å². The van der Waals surface area contributed by atoms with E-state index in [2.05, 4.69) is 37.2 Å². The molecular formula is C36H67IN8O9. The standard InChI is InChI=1S/C36H67IN8O9/c1-27-29(44-36(51)42-27)12-6-5-7-15-32(47)39-17-10-8-13-30(43-35(50)31(45(3)4)14-9-11-16-38-28(2)46)34(49)41-19-21-53-23-25-54-24-22-52-20-18-40-33(48)26-37/h27,29-31H,5-26H2,1-4H3,(H,38,46)(H,39,47)(H,40,48)(H,41,49)(H,43,50)(H2,42,44,51). The number of amides is 7. The van der Waals surface area contributed by atoms with Crippen LogP contribution in [0.5, 0.6) is 0 Å². The average molecular weight is 883 g/mol. The molecule has 1 aliphatic rings. The molecule has 7 amide bonds. The van der Waals surface area contributed by atoms with Crippen molar-refractivity contribution in [2.75, 3.05) is 84.3 Å². The van der Waals surface area contributed by atoms with Gasteiger partial charge in [-0.1, -0.05) is 35.4 Å². The number of unbranched alkanes of at least 4 members (excludes halogenated alkanes) is 4. The summed E-state index contributed by atoms with van der Waals surface area (Å²) in [4.78, 5) is 74.6. The van der Waals surface area contributed by atoms with Gasteiger partial charge >= 0.3 is 6.03 Å². The van der Waals surface area contributed by atoms with Crippen LogP contribution in [0, 0.1) is 0 Å². The van der Waals surface area contributed by atoms with Crippen LogP contribution in [-0.4, -0.2) is 149 Å². The zero-order valence-corrected chi connectivity index (χ0v) is 35.0. The normalized spacial score (nSPS) is 16.2. The second-order valence-electron chi connectivity index (χ2n) is 13.6. The number of hydrogen-bond donors (Lipinski definition) is 7. The smallest absolute Gasteiger partial charge is 0.315 e. The molecule has 0 radical (unpaired) electrons. The number of hydrogen-bond acceptors (Lipinski definition) is 10. The van der Waals surface area contributed by atoms with Gasteiger partial charge in [-0.25, -0.2) is 4.79 Å². The number of rotatable bonds is 33. The molecule has 17 nitrogen and oxygen atoms in total. The van der Waals surface area contributed by atoms with Crippen molar-refractivity contribution in [3.8, 4) is 0 Å². The molecule has 0 aromatic heterocycles. The Morgan fingerprint density at radius 2 is 1.30 bits per heavy atom. The van der Waals surface area contributed by atoms with Crippen molar-refractivity contribution in [1.82, 2.24) is 42.1 Å². The van der Waals surface area contributed by atoms with E-state index in [1.165, 1.54) is 6.92 Å². The molecule has 0 bridgehead atoms. The summed E-state index contributed by atoms with van der Waals surface area (Å²) in [6.45, 7) is 7.40. The number of carbonyl (C=O) groups excluding carboxylic acids is 6. The van der Waals surface area contributed by atoms with Crippen LogP contribution in [0.15, 0.2) is 0 Å². The van der Waals surface area contributed by atoms with Crippen molar-refractivity contribution < 1.29 is 43.0 Å². The highest BCUT2D eigenvalue weighted by Crippen LogP contribution is 2.12. The van der Waals surface area contributed by atoms with Gasteiger partial charge in [0.2, 0.25) is 29.5 Å². The second-order valence-corrected chi connectivity index (χ2v) is 14.4. The van der Waals surface area contributed by atoms with Crippen LogP contribution in [0.4, 0.5) is 4.79 Å². The molecule has 0 aromatic carbocycles. The second kappa shape index (κ2) is 31.4. The Morgan fingerprint density at radius 3 is 1.89 bits per heavy atom. The number of urea groups is 1. The van der Waals surface area contributed by atoms with E-state index in [4.69, 9.17) is 14.2 Å². The molecule has 1 fully saturated rings. The molecular weight excluding hydrogens is 815 g/mol. The van der Waals surface area contributed by atoms with Crippen LogP contribution in [0.1, 0.15) is 84.5 Å². The van der Waals surface area contributed by atoms with Crippen LogP contribution in [0.25, 0.3) is 0 Å². The molecule has 0 aromatic rings. The highest BCUT2D eigenvalue weighted by Gasteiger charge is 2.28. The fourth-order valence-corrected chi connectivity index (χ4v) is 5.96. The summed E-state index contributed by atoms with van der Waals surface area (Å²) < 4.78 is 16.9. The molecule has 1 saturated heterocycles. The zero-order valence-electron chi connectivity index (χ0n) is 32.9. The van der Waals surface area contributed by atoms with Gasteiger partial charge in [-0.2, -0.15) is 0 Å². The molecule has 18 heteroatoms. The lowest BCUT2D eigenvalue weighted by Crippen LogP contribution is -2.52. The first kappa shape index (κ1) is 49.2. The summed E-state index contributed by atoms with van der Waals surface area (Å²) in [5.74, 6) is -0.667. The quantitative estimate of drug-likeness (QED) is 0.0279. The molecule has 4 atom stereocenters. The van der Waals surface area contributed by atoms with Gasteiger partial charge in [0.05, 0.1) is 56.2 Å². The third-order valence-electron chi connectivity index (χ3n) is 8.76. The van der Waals surface area contributed by atoms with Crippen molar-refractivity contribution in [3.63, 3.8) is 0 Å². The Kier molecular flexibility index (Phi) is 28.6. The lowest BCUT2D eigenvalue weighted by molar-refractivity contribution is -0.132. The summed E-state index contributed by atoms with van der Waals surface area (Å²) in [7, 11) is 3.65. The first-order valence-electron chi connectivity index (χ1n) is 19.3. The van der Waals surface area contributed by atoms with Crippen LogP contribution < -0.4 is 37.2 Å². The van der Waals surface area contributed by atoms with Crippen molar-refractivity contribution in [3.05, 3.63) is 0 Å². The molecule has 0 aliphatic carbocycles. The third kappa shape index (κ3) is 25.3. The Labute approximate surface area is 335 Å². The monoisotopic (exact) mass is 882 g/mol. The van der Waals surface area contributed by atoms with Gasteiger partial charge in [-0.15, -0.1) is 0 Å². The average Bonchev–Trinajstić information content (AvgIpc) is 3.45. The highest BCUT2D eigenvalue weighted by atomic mass is 127. The number of nitrogens with one attached hydrogen (secondary N) is 7. The number of alkyl halides is 1. The Hall–Kier alpha value is -2.81. The van der Waals surface area contributed by atoms with Gasteiger partial charge in [0.15, 0.2) is 0 Å². The molecule has 7 N–H and O–H groups in total. The van der Waals surface area contributed by atoms with Crippen molar-refractivity contribution in [1.29, 1.82) is 0 Å². The van der Waals surface area contributed by atoms with E-state index < -0.39 is 12.1 Å². The maximum absolute atomic E-state index is 13.4. The summed E-state index contributed by atoms with van der Waals surface area (Å²) in [6, 6.07) is -1.07. The van der Waals surface area contributed by atoms with E-state index in [0.717, 1.165) is 38.5 Å². The predicted molar refractivity (Wildman–Crippen MR) is 214 cm³/mol. The van der Waals surface area contributed by atoms with Crippen LogP contribution in [-0.2, 0) is 38.2 Å². The number of ether oxygens (including phenoxy) is 3. The van der Waals surface area contributed by atoms with Crippen LogP contribution >= 0.6 is 22.6 Å². The molecule has 54 heavy (non-hydrogen) atoms. The molecule has 1 heterocycles. The van der Waals surface area contributed by atoms with Gasteiger partial charge in [0.1, 0.15) is 6.04 Å². The van der Waals surface area contributed by atoms with E-state index in [1.807, 2.05) is 48.5 Å². The Bertz CT molecular complexity index is 1100. The molecule has 0 spiro atoms. The highest BCUT2D eigenvalue weighted by molar-refractivity contribution is 14.1. The van der Waals surface area contributed by atoms with Gasteiger partial charge < -0.3 is 51.4 Å². The van der Waals surface area contributed by atoms with Crippen LogP contribution in [0.2, 0.25) is 0 Å². The first-order chi connectivity index (χ1) is 25.9. The van der Waals surface area contributed by atoms with E-state index in [9.17, 15) is 28.8 Å². The van der Waals surface area contributed by atoms with Crippen LogP contribution in [0.3, 0.4) is 0 Å². The van der Waals surface area contributed by atoms with Gasteiger partial charge in [0, 0.05) is 45.6 Å². The van der Waals surface area contributed by atoms with E-state index in [-0.39, 0.29) is 60.8 Å². The minimum Gasteiger partial charge on any atom is -0.377 e. The SMILES string of the molecule is CC(=O)NCCCCC(C(=O)NC(CCCCNC(=O)CCCCCC1NC(=O)NC1C)C(=O)NCCOCCOCCOCCNC(=O)CI)N(C)C. The van der Waals surface area contributed by atoms with E-state index >= 15 is 0 Å². The van der Waals surface area contributed by atoms with Crippen molar-refractivity contribution >= 4 is 58.2 Å². The van der Waals surface area contributed by atoms with E-state index in [1.54, 1.807) is 0 Å². The van der Waals surface area contributed by atoms with Gasteiger partial charge in [-0.3, -0.25) is 28.9 Å². The summed E-state index contributed by atoms with van der Waals surface area (Å²) in [6.07, 6.45) is 7.65. The van der Waals surface area contributed by atoms with E-state index in [0.29, 0.717) is 89.2 Å². The maximum Gasteiger partial charge on any atom is 0.315 e. The summed E-state index contributed by atoms with van der Waals surface area (Å²) in [5, 5.41) is 20.0. The zero-order chi connectivity index (χ0) is 40.0. The number of nitrogens with zero attached hydrogens (tertiary/aromatic N) is 1. The lowest BCUT2D eigenvalue weighted by Gasteiger charge is -2.26. The third-order valence-corrected chi connectivity index (χ3v) is 9.45. The summed E-state index contributed by atoms with van der Waals surface area (Å²) >= 11 is 2.00. The predicted octanol–water partition coefficient (Wildman–Crippen LogP) is 0.732. The molecule has 0 saturated carbocycles. The maximum atomic E-state index is 13.4. The lowest BCUT2D eigenvalue weighted by atomic mass is 10.0. The number of halogens is 1.